The van der Waals surface area contributed by atoms with Gasteiger partial charge in [-0.15, -0.1) is 0 Å². The van der Waals surface area contributed by atoms with E-state index in [1.165, 1.54) is 8.87 Å². The standard InChI is InChI=1S/C24H23N3O5S/c1-17-6-9-22-21(14-17)27(24(29)32-22)16-23(28)25-10-12-26(13-11-25)33(30,31)20-8-7-18-4-2-3-5-19(18)15-20/h2-9,14-15H,10-13,16H2,1H3. The quantitative estimate of drug-likeness (QED) is 0.462. The van der Waals surface area contributed by atoms with Crippen LogP contribution in [0.3, 0.4) is 0 Å². The number of aromatic nitrogens is 1. The van der Waals surface area contributed by atoms with Crippen LogP contribution in [0.4, 0.5) is 0 Å². The molecule has 1 aromatic heterocycles. The monoisotopic (exact) mass is 465 g/mol. The van der Waals surface area contributed by atoms with Gasteiger partial charge in [0.25, 0.3) is 0 Å². The second-order valence-electron chi connectivity index (χ2n) is 8.22. The van der Waals surface area contributed by atoms with Crippen molar-refractivity contribution in [3.63, 3.8) is 0 Å². The molecule has 4 aromatic rings. The minimum Gasteiger partial charge on any atom is -0.408 e. The van der Waals surface area contributed by atoms with Crippen LogP contribution in [-0.4, -0.2) is 54.3 Å². The molecule has 0 saturated carbocycles. The summed E-state index contributed by atoms with van der Waals surface area (Å²) < 4.78 is 34.3. The van der Waals surface area contributed by atoms with Crippen molar-refractivity contribution < 1.29 is 17.6 Å². The fraction of sp³-hybridized carbons (Fsp3) is 0.250. The van der Waals surface area contributed by atoms with E-state index in [1.807, 2.05) is 43.3 Å². The predicted octanol–water partition coefficient (Wildman–Crippen LogP) is 2.59. The highest BCUT2D eigenvalue weighted by molar-refractivity contribution is 7.89. The molecule has 0 bridgehead atoms. The molecule has 0 aliphatic carbocycles. The molecule has 33 heavy (non-hydrogen) atoms. The lowest BCUT2D eigenvalue weighted by Crippen LogP contribution is -2.51. The third-order valence-electron chi connectivity index (χ3n) is 6.07. The van der Waals surface area contributed by atoms with Gasteiger partial charge in [-0.25, -0.2) is 13.2 Å². The van der Waals surface area contributed by atoms with Crippen LogP contribution in [-0.2, 0) is 21.4 Å². The predicted molar refractivity (Wildman–Crippen MR) is 124 cm³/mol. The smallest absolute Gasteiger partial charge is 0.408 e. The Morgan fingerprint density at radius 1 is 0.939 bits per heavy atom. The molecule has 2 heterocycles. The zero-order chi connectivity index (χ0) is 23.2. The molecule has 1 aliphatic rings. The summed E-state index contributed by atoms with van der Waals surface area (Å²) in [6.45, 7) is 2.66. The summed E-state index contributed by atoms with van der Waals surface area (Å²) in [5.74, 6) is -0.828. The summed E-state index contributed by atoms with van der Waals surface area (Å²) in [4.78, 5) is 26.9. The van der Waals surface area contributed by atoms with Crippen LogP contribution in [0.1, 0.15) is 5.56 Å². The second kappa shape index (κ2) is 8.17. The van der Waals surface area contributed by atoms with Crippen molar-refractivity contribution >= 4 is 37.8 Å². The molecule has 1 amide bonds. The zero-order valence-corrected chi connectivity index (χ0v) is 18.9. The molecular formula is C24H23N3O5S. The highest BCUT2D eigenvalue weighted by Crippen LogP contribution is 2.23. The zero-order valence-electron chi connectivity index (χ0n) is 18.1. The highest BCUT2D eigenvalue weighted by atomic mass is 32.2. The van der Waals surface area contributed by atoms with Gasteiger partial charge < -0.3 is 9.32 Å². The maximum atomic E-state index is 13.2. The molecule has 8 nitrogen and oxygen atoms in total. The van der Waals surface area contributed by atoms with Crippen molar-refractivity contribution in [1.29, 1.82) is 0 Å². The maximum absolute atomic E-state index is 13.2. The maximum Gasteiger partial charge on any atom is 0.420 e. The number of fused-ring (bicyclic) bond motifs is 2. The van der Waals surface area contributed by atoms with Gasteiger partial charge in [-0.2, -0.15) is 4.31 Å². The molecule has 0 N–H and O–H groups in total. The van der Waals surface area contributed by atoms with Crippen molar-refractivity contribution in [2.45, 2.75) is 18.4 Å². The van der Waals surface area contributed by atoms with E-state index in [-0.39, 0.29) is 43.5 Å². The number of hydrogen-bond acceptors (Lipinski definition) is 5. The number of benzene rings is 3. The Kier molecular flexibility index (Phi) is 5.30. The summed E-state index contributed by atoms with van der Waals surface area (Å²) in [5, 5.41) is 1.84. The molecular weight excluding hydrogens is 442 g/mol. The lowest BCUT2D eigenvalue weighted by Gasteiger charge is -2.34. The highest BCUT2D eigenvalue weighted by Gasteiger charge is 2.30. The number of sulfonamides is 1. The average molecular weight is 466 g/mol. The summed E-state index contributed by atoms with van der Waals surface area (Å²) in [6.07, 6.45) is 0. The van der Waals surface area contributed by atoms with Gasteiger partial charge in [-0.1, -0.05) is 36.4 Å². The van der Waals surface area contributed by atoms with Gasteiger partial charge in [0.05, 0.1) is 10.4 Å². The van der Waals surface area contributed by atoms with Gasteiger partial charge in [0.15, 0.2) is 5.58 Å². The Bertz CT molecular complexity index is 1530. The Morgan fingerprint density at radius 2 is 1.67 bits per heavy atom. The van der Waals surface area contributed by atoms with Gasteiger partial charge in [0.2, 0.25) is 15.9 Å². The summed E-state index contributed by atoms with van der Waals surface area (Å²) in [6, 6.07) is 18.1. The third-order valence-corrected chi connectivity index (χ3v) is 7.96. The lowest BCUT2D eigenvalue weighted by molar-refractivity contribution is -0.133. The van der Waals surface area contributed by atoms with Crippen molar-refractivity contribution in [2.75, 3.05) is 26.2 Å². The SMILES string of the molecule is Cc1ccc2oc(=O)n(CC(=O)N3CCN(S(=O)(=O)c4ccc5ccccc5c4)CC3)c2c1. The van der Waals surface area contributed by atoms with E-state index >= 15 is 0 Å². The van der Waals surface area contributed by atoms with Crippen LogP contribution >= 0.6 is 0 Å². The largest absolute Gasteiger partial charge is 0.420 e. The summed E-state index contributed by atoms with van der Waals surface area (Å²) >= 11 is 0. The Labute approximate surface area is 190 Å². The van der Waals surface area contributed by atoms with Crippen molar-refractivity contribution in [3.8, 4) is 0 Å². The Hall–Kier alpha value is -3.43. The van der Waals surface area contributed by atoms with Crippen LogP contribution in [0.2, 0.25) is 0 Å². The number of piperazine rings is 1. The molecule has 1 fully saturated rings. The van der Waals surface area contributed by atoms with Gasteiger partial charge in [0, 0.05) is 26.2 Å². The van der Waals surface area contributed by atoms with E-state index in [9.17, 15) is 18.0 Å². The number of carbonyl (C=O) groups is 1. The number of nitrogens with zero attached hydrogens (tertiary/aromatic N) is 3. The van der Waals surface area contributed by atoms with Gasteiger partial charge in [-0.05, 0) is 47.5 Å². The Balaban J connectivity index is 1.29. The summed E-state index contributed by atoms with van der Waals surface area (Å²) in [7, 11) is -3.67. The molecule has 170 valence electrons. The molecule has 1 aliphatic heterocycles. The van der Waals surface area contributed by atoms with Crippen molar-refractivity contribution in [2.24, 2.45) is 0 Å². The van der Waals surface area contributed by atoms with Gasteiger partial charge >= 0.3 is 5.76 Å². The first-order chi connectivity index (χ1) is 15.8. The van der Waals surface area contributed by atoms with E-state index in [1.54, 1.807) is 29.2 Å². The van der Waals surface area contributed by atoms with Gasteiger partial charge in [-0.3, -0.25) is 9.36 Å². The molecule has 5 rings (SSSR count). The molecule has 1 saturated heterocycles. The first-order valence-corrected chi connectivity index (χ1v) is 12.1. The lowest BCUT2D eigenvalue weighted by atomic mass is 10.1. The minimum absolute atomic E-state index is 0.146. The first-order valence-electron chi connectivity index (χ1n) is 10.7. The average Bonchev–Trinajstić information content (AvgIpc) is 3.13. The fourth-order valence-electron chi connectivity index (χ4n) is 4.21. The van der Waals surface area contributed by atoms with E-state index in [0.717, 1.165) is 16.3 Å². The molecule has 0 unspecified atom stereocenters. The Morgan fingerprint density at radius 3 is 2.42 bits per heavy atom. The number of oxazole rings is 1. The van der Waals surface area contributed by atoms with E-state index in [0.29, 0.717) is 11.1 Å². The summed E-state index contributed by atoms with van der Waals surface area (Å²) in [5.41, 5.74) is 1.97. The number of carbonyl (C=O) groups excluding carboxylic acids is 1. The topological polar surface area (TPSA) is 92.8 Å². The number of rotatable bonds is 4. The minimum atomic E-state index is -3.67. The fourth-order valence-corrected chi connectivity index (χ4v) is 5.67. The van der Waals surface area contributed by atoms with Crippen LogP contribution in [0, 0.1) is 6.92 Å². The third kappa shape index (κ3) is 3.94. The molecule has 0 atom stereocenters. The number of aryl methyl sites for hydroxylation is 1. The first kappa shape index (κ1) is 21.4. The number of hydrogen-bond donors (Lipinski definition) is 0. The van der Waals surface area contributed by atoms with Crippen molar-refractivity contribution in [3.05, 3.63) is 76.8 Å². The molecule has 0 spiro atoms. The van der Waals surface area contributed by atoms with Crippen LogP contribution in [0.25, 0.3) is 21.9 Å². The molecule has 0 radical (unpaired) electrons. The van der Waals surface area contributed by atoms with E-state index in [4.69, 9.17) is 4.42 Å². The van der Waals surface area contributed by atoms with Crippen LogP contribution < -0.4 is 5.76 Å². The second-order valence-corrected chi connectivity index (χ2v) is 10.2. The van der Waals surface area contributed by atoms with Crippen molar-refractivity contribution in [1.82, 2.24) is 13.8 Å². The van der Waals surface area contributed by atoms with Gasteiger partial charge in [0.1, 0.15) is 6.54 Å². The normalized spacial score (nSPS) is 15.4. The molecule has 9 heteroatoms. The van der Waals surface area contributed by atoms with Crippen LogP contribution in [0.15, 0.2) is 74.8 Å². The van der Waals surface area contributed by atoms with Crippen LogP contribution in [0.5, 0.6) is 0 Å². The van der Waals surface area contributed by atoms with E-state index < -0.39 is 15.8 Å². The van der Waals surface area contributed by atoms with E-state index in [2.05, 4.69) is 0 Å². The molecule has 3 aromatic carbocycles. The number of amides is 1.